The van der Waals surface area contributed by atoms with Gasteiger partial charge in [0.05, 0.1) is 6.61 Å². The predicted molar refractivity (Wildman–Crippen MR) is 101 cm³/mol. The summed E-state index contributed by atoms with van der Waals surface area (Å²) < 4.78 is 10.7. The Labute approximate surface area is 153 Å². The van der Waals surface area contributed by atoms with Crippen molar-refractivity contribution in [2.45, 2.75) is 13.8 Å². The highest BCUT2D eigenvalue weighted by atomic mass is 127. The standard InChI is InChI=1S/C17H17IN2O4/c1-3-23-17(22)24-14-7-5-13(6-8-14)19-16(21)20-15-9-4-12(18)10-11(15)2/h4-10H,3H2,1-2H3,(H2,19,20,21). The Hall–Kier alpha value is -2.29. The van der Waals surface area contributed by atoms with Crippen LogP contribution in [-0.2, 0) is 4.74 Å². The number of carbonyl (C=O) groups is 2. The molecule has 0 aromatic heterocycles. The average Bonchev–Trinajstić information content (AvgIpc) is 2.52. The zero-order valence-electron chi connectivity index (χ0n) is 13.3. The van der Waals surface area contributed by atoms with E-state index in [1.807, 2.05) is 25.1 Å². The second kappa shape index (κ2) is 8.53. The summed E-state index contributed by atoms with van der Waals surface area (Å²) in [7, 11) is 0. The van der Waals surface area contributed by atoms with Crippen LogP contribution in [0.15, 0.2) is 42.5 Å². The van der Waals surface area contributed by atoms with Crippen LogP contribution in [0.1, 0.15) is 12.5 Å². The summed E-state index contributed by atoms with van der Waals surface area (Å²) in [6, 6.07) is 11.8. The van der Waals surface area contributed by atoms with E-state index >= 15 is 0 Å². The monoisotopic (exact) mass is 440 g/mol. The van der Waals surface area contributed by atoms with Gasteiger partial charge in [-0.3, -0.25) is 0 Å². The van der Waals surface area contributed by atoms with Crippen LogP contribution in [-0.4, -0.2) is 18.8 Å². The molecule has 2 aromatic carbocycles. The van der Waals surface area contributed by atoms with Crippen LogP contribution in [0.2, 0.25) is 0 Å². The van der Waals surface area contributed by atoms with E-state index in [1.54, 1.807) is 31.2 Å². The van der Waals surface area contributed by atoms with Crippen LogP contribution in [0.25, 0.3) is 0 Å². The molecule has 0 atom stereocenters. The topological polar surface area (TPSA) is 76.7 Å². The number of halogens is 1. The number of hydrogen-bond donors (Lipinski definition) is 2. The van der Waals surface area contributed by atoms with Gasteiger partial charge in [-0.2, -0.15) is 0 Å². The number of hydrogen-bond acceptors (Lipinski definition) is 4. The number of aryl methyl sites for hydroxylation is 1. The maximum atomic E-state index is 12.0. The van der Waals surface area contributed by atoms with Gasteiger partial charge in [0.1, 0.15) is 5.75 Å². The largest absolute Gasteiger partial charge is 0.513 e. The summed E-state index contributed by atoms with van der Waals surface area (Å²) in [5.74, 6) is 0.341. The summed E-state index contributed by atoms with van der Waals surface area (Å²) in [5.41, 5.74) is 2.30. The molecule has 0 aliphatic heterocycles. The van der Waals surface area contributed by atoms with Crippen molar-refractivity contribution in [3.8, 4) is 5.75 Å². The summed E-state index contributed by atoms with van der Waals surface area (Å²) in [6.07, 6.45) is -0.759. The number of anilines is 2. The quantitative estimate of drug-likeness (QED) is 0.408. The normalized spacial score (nSPS) is 9.96. The number of nitrogens with one attached hydrogen (secondary N) is 2. The van der Waals surface area contributed by atoms with Crippen molar-refractivity contribution in [1.29, 1.82) is 0 Å². The smallest absolute Gasteiger partial charge is 0.434 e. The fourth-order valence-electron chi connectivity index (χ4n) is 1.90. The summed E-state index contributed by atoms with van der Waals surface area (Å²) >= 11 is 2.22. The van der Waals surface area contributed by atoms with Crippen LogP contribution in [0.3, 0.4) is 0 Å². The second-order valence-electron chi connectivity index (χ2n) is 4.85. The van der Waals surface area contributed by atoms with Gasteiger partial charge in [-0.15, -0.1) is 0 Å². The summed E-state index contributed by atoms with van der Waals surface area (Å²) in [5, 5.41) is 5.50. The first-order valence-electron chi connectivity index (χ1n) is 7.26. The molecule has 0 unspecified atom stereocenters. The lowest BCUT2D eigenvalue weighted by Crippen LogP contribution is -2.20. The van der Waals surface area contributed by atoms with E-state index in [1.165, 1.54) is 0 Å². The maximum Gasteiger partial charge on any atom is 0.513 e. The zero-order valence-corrected chi connectivity index (χ0v) is 15.4. The molecule has 0 fully saturated rings. The third-order valence-electron chi connectivity index (χ3n) is 3.01. The molecule has 0 aliphatic rings. The number of amides is 2. The molecule has 0 saturated carbocycles. The molecule has 7 heteroatoms. The van der Waals surface area contributed by atoms with Gasteiger partial charge in [0.2, 0.25) is 0 Å². The van der Waals surface area contributed by atoms with Crippen molar-refractivity contribution in [3.63, 3.8) is 0 Å². The number of carbonyl (C=O) groups excluding carboxylic acids is 2. The van der Waals surface area contributed by atoms with Crippen molar-refractivity contribution >= 4 is 46.2 Å². The zero-order chi connectivity index (χ0) is 17.5. The Kier molecular flexibility index (Phi) is 6.42. The van der Waals surface area contributed by atoms with Crippen LogP contribution in [0.5, 0.6) is 5.75 Å². The van der Waals surface area contributed by atoms with Crippen molar-refractivity contribution < 1.29 is 19.1 Å². The molecule has 0 spiro atoms. The molecule has 24 heavy (non-hydrogen) atoms. The summed E-state index contributed by atoms with van der Waals surface area (Å²) in [4.78, 5) is 23.2. The SMILES string of the molecule is CCOC(=O)Oc1ccc(NC(=O)Nc2ccc(I)cc2C)cc1. The molecular weight excluding hydrogens is 423 g/mol. The number of rotatable bonds is 4. The molecule has 0 heterocycles. The van der Waals surface area contributed by atoms with Crippen molar-refractivity contribution in [1.82, 2.24) is 0 Å². The number of benzene rings is 2. The molecule has 2 aromatic rings. The third-order valence-corrected chi connectivity index (χ3v) is 3.68. The van der Waals surface area contributed by atoms with Crippen LogP contribution in [0.4, 0.5) is 21.0 Å². The van der Waals surface area contributed by atoms with Gasteiger partial charge in [-0.05, 0) is 84.5 Å². The van der Waals surface area contributed by atoms with Gasteiger partial charge in [0.25, 0.3) is 0 Å². The Morgan fingerprint density at radius 1 is 1.08 bits per heavy atom. The van der Waals surface area contributed by atoms with Gasteiger partial charge in [-0.25, -0.2) is 9.59 Å². The van der Waals surface area contributed by atoms with Crippen LogP contribution in [0, 0.1) is 10.5 Å². The second-order valence-corrected chi connectivity index (χ2v) is 6.09. The first kappa shape index (κ1) is 18.1. The van der Waals surface area contributed by atoms with Gasteiger partial charge >= 0.3 is 12.2 Å². The molecule has 0 aliphatic carbocycles. The Morgan fingerprint density at radius 2 is 1.79 bits per heavy atom. The van der Waals surface area contributed by atoms with Crippen molar-refractivity contribution in [3.05, 3.63) is 51.6 Å². The highest BCUT2D eigenvalue weighted by Crippen LogP contribution is 2.19. The molecule has 2 rings (SSSR count). The molecule has 0 saturated heterocycles. The maximum absolute atomic E-state index is 12.0. The highest BCUT2D eigenvalue weighted by Gasteiger charge is 2.07. The molecule has 0 bridgehead atoms. The van der Waals surface area contributed by atoms with Gasteiger partial charge in [0, 0.05) is 14.9 Å². The number of urea groups is 1. The van der Waals surface area contributed by atoms with E-state index in [-0.39, 0.29) is 12.6 Å². The summed E-state index contributed by atoms with van der Waals surface area (Å²) in [6.45, 7) is 3.87. The lowest BCUT2D eigenvalue weighted by atomic mass is 10.2. The molecular formula is C17H17IN2O4. The van der Waals surface area contributed by atoms with Gasteiger partial charge < -0.3 is 20.1 Å². The molecule has 2 amide bonds. The average molecular weight is 440 g/mol. The molecule has 6 nitrogen and oxygen atoms in total. The minimum atomic E-state index is -0.759. The highest BCUT2D eigenvalue weighted by molar-refractivity contribution is 14.1. The lowest BCUT2D eigenvalue weighted by molar-refractivity contribution is 0.104. The Morgan fingerprint density at radius 3 is 2.42 bits per heavy atom. The van der Waals surface area contributed by atoms with Crippen LogP contribution >= 0.6 is 22.6 Å². The van der Waals surface area contributed by atoms with E-state index in [4.69, 9.17) is 4.74 Å². The Bertz CT molecular complexity index is 732. The number of ether oxygens (including phenoxy) is 2. The van der Waals surface area contributed by atoms with E-state index in [9.17, 15) is 9.59 Å². The van der Waals surface area contributed by atoms with E-state index < -0.39 is 6.16 Å². The van der Waals surface area contributed by atoms with E-state index in [0.717, 1.165) is 14.8 Å². The first-order chi connectivity index (χ1) is 11.5. The predicted octanol–water partition coefficient (Wildman–Crippen LogP) is 4.78. The fraction of sp³-hybridized carbons (Fsp3) is 0.176. The first-order valence-corrected chi connectivity index (χ1v) is 8.34. The van der Waals surface area contributed by atoms with Crippen LogP contribution < -0.4 is 15.4 Å². The minimum absolute atomic E-state index is 0.247. The fourth-order valence-corrected chi connectivity index (χ4v) is 2.55. The molecule has 126 valence electrons. The van der Waals surface area contributed by atoms with E-state index in [2.05, 4.69) is 38.0 Å². The van der Waals surface area contributed by atoms with Gasteiger partial charge in [-0.1, -0.05) is 0 Å². The van der Waals surface area contributed by atoms with E-state index in [0.29, 0.717) is 11.4 Å². The third kappa shape index (κ3) is 5.41. The Balaban J connectivity index is 1.93. The van der Waals surface area contributed by atoms with Crippen molar-refractivity contribution in [2.24, 2.45) is 0 Å². The minimum Gasteiger partial charge on any atom is -0.434 e. The van der Waals surface area contributed by atoms with Crippen molar-refractivity contribution in [2.75, 3.05) is 17.2 Å². The molecule has 0 radical (unpaired) electrons. The lowest BCUT2D eigenvalue weighted by Gasteiger charge is -2.10. The molecule has 2 N–H and O–H groups in total. The van der Waals surface area contributed by atoms with Gasteiger partial charge in [0.15, 0.2) is 0 Å².